The summed E-state index contributed by atoms with van der Waals surface area (Å²) in [6.07, 6.45) is 0.0233. The highest BCUT2D eigenvalue weighted by molar-refractivity contribution is 6.21. The minimum Gasteiger partial charge on any atom is -0.354 e. The van der Waals surface area contributed by atoms with Gasteiger partial charge in [-0.3, -0.25) is 19.3 Å². The number of benzene rings is 1. The third-order valence-corrected chi connectivity index (χ3v) is 4.21. The van der Waals surface area contributed by atoms with E-state index in [1.165, 1.54) is 0 Å². The molecular weight excluding hydrogens is 336 g/mol. The summed E-state index contributed by atoms with van der Waals surface area (Å²) in [7, 11) is 0. The summed E-state index contributed by atoms with van der Waals surface area (Å²) in [5, 5.41) is 5.38. The summed E-state index contributed by atoms with van der Waals surface area (Å²) in [4.78, 5) is 50.8. The maximum Gasteiger partial charge on any atom is 0.317 e. The fourth-order valence-corrected chi connectivity index (χ4v) is 2.74. The van der Waals surface area contributed by atoms with Crippen molar-refractivity contribution in [3.05, 3.63) is 35.4 Å². The average Bonchev–Trinajstić information content (AvgIpc) is 2.89. The lowest BCUT2D eigenvalue weighted by Crippen LogP contribution is -2.43. The van der Waals surface area contributed by atoms with E-state index in [9.17, 15) is 19.2 Å². The topological polar surface area (TPSA) is 98.8 Å². The number of carbonyl (C=O) groups excluding carboxylic acids is 4. The van der Waals surface area contributed by atoms with E-state index in [0.717, 1.165) is 4.90 Å². The summed E-state index contributed by atoms with van der Waals surface area (Å²) in [6.45, 7) is 5.66. The minimum atomic E-state index is -0.370. The highest BCUT2D eigenvalue weighted by atomic mass is 16.2. The third-order valence-electron chi connectivity index (χ3n) is 4.21. The van der Waals surface area contributed by atoms with Gasteiger partial charge < -0.3 is 15.5 Å². The van der Waals surface area contributed by atoms with Gasteiger partial charge in [0.25, 0.3) is 11.8 Å². The first-order valence-corrected chi connectivity index (χ1v) is 8.74. The van der Waals surface area contributed by atoms with Gasteiger partial charge in [-0.2, -0.15) is 0 Å². The SMILES string of the molecule is CCN(CC)C(=O)NCCNC(=O)CCN1C(=O)c2ccccc2C1=O. The van der Waals surface area contributed by atoms with Crippen LogP contribution >= 0.6 is 0 Å². The number of rotatable bonds is 8. The van der Waals surface area contributed by atoms with Crippen LogP contribution in [0.5, 0.6) is 0 Å². The van der Waals surface area contributed by atoms with Crippen molar-refractivity contribution in [1.29, 1.82) is 0 Å². The van der Waals surface area contributed by atoms with Gasteiger partial charge in [-0.15, -0.1) is 0 Å². The normalized spacial score (nSPS) is 12.8. The second kappa shape index (κ2) is 8.98. The van der Waals surface area contributed by atoms with Gasteiger partial charge in [0.05, 0.1) is 11.1 Å². The Hall–Kier alpha value is -2.90. The predicted octanol–water partition coefficient (Wildman–Crippen LogP) is 0.840. The number of carbonyl (C=O) groups is 4. The van der Waals surface area contributed by atoms with Gasteiger partial charge in [-0.05, 0) is 26.0 Å². The quantitative estimate of drug-likeness (QED) is 0.530. The van der Waals surface area contributed by atoms with E-state index < -0.39 is 0 Å². The van der Waals surface area contributed by atoms with E-state index in [2.05, 4.69) is 10.6 Å². The lowest BCUT2D eigenvalue weighted by Gasteiger charge is -2.19. The van der Waals surface area contributed by atoms with Gasteiger partial charge >= 0.3 is 6.03 Å². The molecule has 0 radical (unpaired) electrons. The molecule has 0 aliphatic carbocycles. The molecule has 1 aromatic carbocycles. The molecule has 2 N–H and O–H groups in total. The van der Waals surface area contributed by atoms with Crippen molar-refractivity contribution in [2.24, 2.45) is 0 Å². The molecule has 1 aliphatic rings. The Morgan fingerprint density at radius 2 is 1.50 bits per heavy atom. The first kappa shape index (κ1) is 19.4. The van der Waals surface area contributed by atoms with Crippen LogP contribution in [-0.4, -0.2) is 66.3 Å². The van der Waals surface area contributed by atoms with Crippen LogP contribution in [0.3, 0.4) is 0 Å². The number of fused-ring (bicyclic) bond motifs is 1. The summed E-state index contributed by atoms with van der Waals surface area (Å²) in [6, 6.07) is 6.44. The maximum atomic E-state index is 12.2. The van der Waals surface area contributed by atoms with E-state index in [1.54, 1.807) is 29.2 Å². The molecule has 8 heteroatoms. The highest BCUT2D eigenvalue weighted by Gasteiger charge is 2.34. The smallest absolute Gasteiger partial charge is 0.317 e. The number of hydrogen-bond acceptors (Lipinski definition) is 4. The molecule has 0 bridgehead atoms. The van der Waals surface area contributed by atoms with E-state index in [-0.39, 0.29) is 43.3 Å². The Balaban J connectivity index is 1.71. The molecule has 1 aliphatic heterocycles. The Morgan fingerprint density at radius 3 is 2.04 bits per heavy atom. The van der Waals surface area contributed by atoms with Crippen LogP contribution in [0.15, 0.2) is 24.3 Å². The Labute approximate surface area is 152 Å². The van der Waals surface area contributed by atoms with Crippen LogP contribution in [0.4, 0.5) is 4.79 Å². The van der Waals surface area contributed by atoms with Gasteiger partial charge in [0.15, 0.2) is 0 Å². The molecule has 0 spiro atoms. The van der Waals surface area contributed by atoms with Crippen molar-refractivity contribution in [1.82, 2.24) is 20.4 Å². The van der Waals surface area contributed by atoms with Gasteiger partial charge in [0, 0.05) is 39.1 Å². The summed E-state index contributed by atoms with van der Waals surface area (Å²) in [5.41, 5.74) is 0.744. The van der Waals surface area contributed by atoms with Gasteiger partial charge in [0.2, 0.25) is 5.91 Å². The molecule has 0 atom stereocenters. The van der Waals surface area contributed by atoms with Crippen LogP contribution in [-0.2, 0) is 4.79 Å². The third kappa shape index (κ3) is 4.38. The zero-order valence-electron chi connectivity index (χ0n) is 15.1. The average molecular weight is 360 g/mol. The molecule has 0 saturated heterocycles. The summed E-state index contributed by atoms with van der Waals surface area (Å²) < 4.78 is 0. The number of urea groups is 1. The minimum absolute atomic E-state index is 0.0233. The van der Waals surface area contributed by atoms with Gasteiger partial charge in [0.1, 0.15) is 0 Å². The second-order valence-electron chi connectivity index (χ2n) is 5.81. The number of nitrogens with zero attached hydrogens (tertiary/aromatic N) is 2. The number of nitrogens with one attached hydrogen (secondary N) is 2. The van der Waals surface area contributed by atoms with E-state index >= 15 is 0 Å². The molecule has 0 fully saturated rings. The largest absolute Gasteiger partial charge is 0.354 e. The Kier molecular flexibility index (Phi) is 6.71. The molecule has 26 heavy (non-hydrogen) atoms. The zero-order chi connectivity index (χ0) is 19.1. The molecule has 1 aromatic rings. The van der Waals surface area contributed by atoms with E-state index in [4.69, 9.17) is 0 Å². The van der Waals surface area contributed by atoms with Crippen LogP contribution in [0.1, 0.15) is 41.0 Å². The molecular formula is C18H24N4O4. The first-order chi connectivity index (χ1) is 12.5. The molecule has 0 aromatic heterocycles. The molecule has 0 saturated carbocycles. The fourth-order valence-electron chi connectivity index (χ4n) is 2.74. The van der Waals surface area contributed by atoms with E-state index in [1.807, 2.05) is 13.8 Å². The monoisotopic (exact) mass is 360 g/mol. The predicted molar refractivity (Wildman–Crippen MR) is 95.8 cm³/mol. The Morgan fingerprint density at radius 1 is 0.962 bits per heavy atom. The van der Waals surface area contributed by atoms with Gasteiger partial charge in [-0.1, -0.05) is 12.1 Å². The van der Waals surface area contributed by atoms with Crippen molar-refractivity contribution in [2.75, 3.05) is 32.7 Å². The lowest BCUT2D eigenvalue weighted by atomic mass is 10.1. The number of amides is 5. The van der Waals surface area contributed by atoms with Crippen molar-refractivity contribution in [3.8, 4) is 0 Å². The fraction of sp³-hybridized carbons (Fsp3) is 0.444. The van der Waals surface area contributed by atoms with Crippen molar-refractivity contribution < 1.29 is 19.2 Å². The summed E-state index contributed by atoms with van der Waals surface area (Å²) in [5.74, 6) is -1.02. The van der Waals surface area contributed by atoms with Crippen LogP contribution < -0.4 is 10.6 Å². The molecule has 140 valence electrons. The van der Waals surface area contributed by atoms with Crippen molar-refractivity contribution in [3.63, 3.8) is 0 Å². The number of hydrogen-bond donors (Lipinski definition) is 2. The lowest BCUT2D eigenvalue weighted by molar-refractivity contribution is -0.121. The van der Waals surface area contributed by atoms with Gasteiger partial charge in [-0.25, -0.2) is 4.79 Å². The molecule has 5 amide bonds. The zero-order valence-corrected chi connectivity index (χ0v) is 15.1. The summed E-state index contributed by atoms with van der Waals surface area (Å²) >= 11 is 0. The molecule has 0 unspecified atom stereocenters. The van der Waals surface area contributed by atoms with Crippen LogP contribution in [0, 0.1) is 0 Å². The van der Waals surface area contributed by atoms with Crippen molar-refractivity contribution >= 4 is 23.8 Å². The van der Waals surface area contributed by atoms with E-state index in [0.29, 0.717) is 30.8 Å². The molecule has 1 heterocycles. The second-order valence-corrected chi connectivity index (χ2v) is 5.81. The van der Waals surface area contributed by atoms with Crippen molar-refractivity contribution in [2.45, 2.75) is 20.3 Å². The standard InChI is InChI=1S/C18H24N4O4/c1-3-21(4-2)18(26)20-11-10-19-15(23)9-12-22-16(24)13-7-5-6-8-14(13)17(22)25/h5-8H,3-4,9-12H2,1-2H3,(H,19,23)(H,20,26). The first-order valence-electron chi connectivity index (χ1n) is 8.74. The number of imide groups is 1. The van der Waals surface area contributed by atoms with Crippen LogP contribution in [0.2, 0.25) is 0 Å². The maximum absolute atomic E-state index is 12.2. The molecule has 8 nitrogen and oxygen atoms in total. The highest BCUT2D eigenvalue weighted by Crippen LogP contribution is 2.22. The molecule has 2 rings (SSSR count). The van der Waals surface area contributed by atoms with Crippen LogP contribution in [0.25, 0.3) is 0 Å². The Bertz CT molecular complexity index is 665.